The van der Waals surface area contributed by atoms with Crippen LogP contribution < -0.4 is 73.4 Å². The fourth-order valence-electron chi connectivity index (χ4n) is 10.5. The molecule has 26 nitrogen and oxygen atoms in total. The number of rotatable bonds is 17. The van der Waals surface area contributed by atoms with Gasteiger partial charge in [0.2, 0.25) is 0 Å². The molecule has 12 rings (SSSR count). The predicted octanol–water partition coefficient (Wildman–Crippen LogP) is 10.5. The number of nitrogens with zero attached hydrogens (tertiary/aromatic N) is 9. The first-order chi connectivity index (χ1) is 50.1. The second-order valence-electron chi connectivity index (χ2n) is 22.8. The number of halogens is 9. The van der Waals surface area contributed by atoms with Crippen LogP contribution >= 0.6 is 67.8 Å². The number of benzene rings is 5. The summed E-state index contributed by atoms with van der Waals surface area (Å²) in [6.07, 6.45) is 6.10. The number of alkyl halides is 3. The van der Waals surface area contributed by atoms with Gasteiger partial charge in [-0.2, -0.15) is 21.6 Å². The number of carbonyl (C=O) groups is 1. The van der Waals surface area contributed by atoms with Crippen molar-refractivity contribution in [3.05, 3.63) is 287 Å². The van der Waals surface area contributed by atoms with Crippen LogP contribution in [0.3, 0.4) is 0 Å². The molecule has 3 N–H and O–H groups in total. The Morgan fingerprint density at radius 3 is 1.33 bits per heavy atom. The highest BCUT2D eigenvalue weighted by Gasteiger charge is 2.49. The molecule has 36 heteroatoms. The van der Waals surface area contributed by atoms with Crippen molar-refractivity contribution in [2.24, 2.45) is 26.9 Å². The Morgan fingerprint density at radius 1 is 0.528 bits per heavy atom. The van der Waals surface area contributed by atoms with E-state index in [1.807, 2.05) is 45.2 Å². The van der Waals surface area contributed by atoms with Crippen molar-refractivity contribution in [1.82, 2.24) is 41.9 Å². The number of anilines is 2. The summed E-state index contributed by atoms with van der Waals surface area (Å²) in [4.78, 5) is 113. The minimum absolute atomic E-state index is 0.0247. The quantitative estimate of drug-likeness (QED) is 0.0370. The third kappa shape index (κ3) is 16.3. The molecule has 7 heterocycles. The normalized spacial score (nSPS) is 11.3. The molecule has 7 aromatic heterocycles. The van der Waals surface area contributed by atoms with E-state index >= 15 is 8.78 Å². The van der Waals surface area contributed by atoms with Gasteiger partial charge in [-0.05, 0) is 195 Å². The van der Waals surface area contributed by atoms with Gasteiger partial charge in [0.15, 0.2) is 5.75 Å². The van der Waals surface area contributed by atoms with Crippen molar-refractivity contribution in [2.75, 3.05) is 19.5 Å². The van der Waals surface area contributed by atoms with Crippen LogP contribution in [0.2, 0.25) is 0 Å². The van der Waals surface area contributed by atoms with Crippen molar-refractivity contribution in [3.63, 3.8) is 0 Å². The lowest BCUT2D eigenvalue weighted by Crippen LogP contribution is -2.42. The minimum Gasteiger partial charge on any atom is -0.497 e. The summed E-state index contributed by atoms with van der Waals surface area (Å²) in [5, 5.41) is 1.85. The van der Waals surface area contributed by atoms with E-state index < -0.39 is 107 Å². The lowest BCUT2D eigenvalue weighted by atomic mass is 10.2. The van der Waals surface area contributed by atoms with Gasteiger partial charge in [-0.15, -0.1) is 0 Å². The Hall–Kier alpha value is -10.9. The summed E-state index contributed by atoms with van der Waals surface area (Å²) in [7, 11) is 0.537. The molecule has 0 aliphatic heterocycles. The molecule has 1 amide bonds. The van der Waals surface area contributed by atoms with E-state index in [2.05, 4.69) is 19.5 Å². The number of carbonyl (C=O) groups excluding carboxylic acids is 1. The molecule has 0 fully saturated rings. The van der Waals surface area contributed by atoms with Gasteiger partial charge in [0, 0.05) is 62.4 Å². The molecular formula is C70H54F6I3N11O15S. The summed E-state index contributed by atoms with van der Waals surface area (Å²) >= 11 is 5.74. The van der Waals surface area contributed by atoms with Gasteiger partial charge in [0.05, 0.1) is 56.8 Å². The van der Waals surface area contributed by atoms with E-state index in [9.17, 15) is 64.3 Å². The highest BCUT2D eigenvalue weighted by Crippen LogP contribution is 2.35. The van der Waals surface area contributed by atoms with E-state index in [4.69, 9.17) is 24.7 Å². The summed E-state index contributed by atoms with van der Waals surface area (Å²) < 4.78 is 142. The maximum Gasteiger partial charge on any atom is 0.534 e. The molecule has 0 aliphatic carbocycles. The van der Waals surface area contributed by atoms with Gasteiger partial charge in [-0.25, -0.2) is 31.9 Å². The molecule has 0 radical (unpaired) electrons. The number of nitrogens with one attached hydrogen (secondary N) is 1. The topological polar surface area (TPSA) is 315 Å². The Kier molecular flexibility index (Phi) is 23.3. The molecule has 0 bridgehead atoms. The van der Waals surface area contributed by atoms with Crippen LogP contribution in [-0.4, -0.2) is 76.0 Å². The van der Waals surface area contributed by atoms with E-state index in [-0.39, 0.29) is 51.8 Å². The van der Waals surface area contributed by atoms with Gasteiger partial charge < -0.3 is 34.2 Å². The average molecular weight is 1820 g/mol. The molecule has 0 atom stereocenters. The monoisotopic (exact) mass is 1820 g/mol. The van der Waals surface area contributed by atoms with Crippen molar-refractivity contribution >= 4 is 117 Å². The number of aromatic nitrogens is 9. The number of nitrogens with two attached hydrogens (primary N) is 1. The number of hydrogen-bond acceptors (Lipinski definition) is 18. The summed E-state index contributed by atoms with van der Waals surface area (Å²) in [6.45, 7) is 3.01. The molecule has 5 aromatic carbocycles. The predicted molar refractivity (Wildman–Crippen MR) is 404 cm³/mol. The Morgan fingerprint density at radius 2 is 0.925 bits per heavy atom. The SMILES string of the molecule is COc1ccc(Cn2c(=O)c3c(OS(=O)(=O)C(F)(F)F)cc(=O)n(C)c3n(-c3ccc(I)cc3F)c2=O)cc1.COc1ccc(Cn2c(=O)c3c(Oc4cnccc4C)cc(=O)n(C)c3n(-c3ccc(I)cc3F)c2=O)cc1.Cc1ccncc1Oc1cc(=O)n(C)c(Nc2ccc(I)cc2F)c1C(N)=O. The van der Waals surface area contributed by atoms with E-state index in [0.29, 0.717) is 64.6 Å². The first-order valence-corrected chi connectivity index (χ1v) is 35.2. The summed E-state index contributed by atoms with van der Waals surface area (Å²) in [5.41, 5.74) is -5.32. The molecule has 0 unspecified atom stereocenters. The highest BCUT2D eigenvalue weighted by atomic mass is 127. The Balaban J connectivity index is 0.000000173. The highest BCUT2D eigenvalue weighted by molar-refractivity contribution is 14.1. The van der Waals surface area contributed by atoms with E-state index in [1.165, 1.54) is 106 Å². The zero-order valence-corrected chi connectivity index (χ0v) is 63.3. The average Bonchev–Trinajstić information content (AvgIpc) is 0.732. The minimum atomic E-state index is -6.34. The van der Waals surface area contributed by atoms with E-state index in [0.717, 1.165) is 50.1 Å². The number of primary amides is 1. The van der Waals surface area contributed by atoms with Crippen molar-refractivity contribution in [2.45, 2.75) is 32.4 Å². The van der Waals surface area contributed by atoms with Crippen LogP contribution in [0, 0.1) is 42.0 Å². The zero-order valence-electron chi connectivity index (χ0n) is 56.0. The number of amides is 1. The van der Waals surface area contributed by atoms with Crippen LogP contribution in [0.15, 0.2) is 192 Å². The summed E-state index contributed by atoms with van der Waals surface area (Å²) in [5.74, 6) is -2.65. The van der Waals surface area contributed by atoms with Gasteiger partial charge >= 0.3 is 27.0 Å². The fourth-order valence-corrected chi connectivity index (χ4v) is 12.3. The number of fused-ring (bicyclic) bond motifs is 2. The number of pyridine rings is 5. The van der Waals surface area contributed by atoms with Gasteiger partial charge in [-0.1, -0.05) is 24.3 Å². The van der Waals surface area contributed by atoms with Crippen molar-refractivity contribution in [3.8, 4) is 51.6 Å². The Bertz CT molecular complexity index is 6090. The van der Waals surface area contributed by atoms with Crippen LogP contribution in [0.1, 0.15) is 32.6 Å². The maximum absolute atomic E-state index is 15.3. The molecule has 0 saturated heterocycles. The van der Waals surface area contributed by atoms with Crippen LogP contribution in [0.5, 0.6) is 40.2 Å². The van der Waals surface area contributed by atoms with Crippen molar-refractivity contribution < 1.29 is 62.7 Å². The van der Waals surface area contributed by atoms with Crippen LogP contribution in [-0.2, 0) is 44.4 Å². The molecule has 0 spiro atoms. The zero-order chi connectivity index (χ0) is 77.1. The third-order valence-electron chi connectivity index (χ3n) is 16.0. The molecule has 0 aliphatic rings. The molecular weight excluding hydrogens is 1760 g/mol. The maximum atomic E-state index is 15.3. The number of hydrogen-bond donors (Lipinski definition) is 2. The molecule has 106 heavy (non-hydrogen) atoms. The van der Waals surface area contributed by atoms with Crippen LogP contribution in [0.25, 0.3) is 33.4 Å². The number of aryl methyl sites for hydroxylation is 4. The first kappa shape index (κ1) is 77.7. The first-order valence-electron chi connectivity index (χ1n) is 30.5. The van der Waals surface area contributed by atoms with Gasteiger partial charge in [0.1, 0.15) is 85.4 Å². The second-order valence-corrected chi connectivity index (χ2v) is 28.1. The third-order valence-corrected chi connectivity index (χ3v) is 19.0. The molecule has 548 valence electrons. The largest absolute Gasteiger partial charge is 0.534 e. The fraction of sp³-hybridized carbons (Fsp3) is 0.143. The standard InChI is InChI=1S/C28H22FIN4O5.C23H16F4IN3O7S.C19H16FIN4O3/c1-16-10-11-31-14-23(16)39-22-13-24(35)32(2)26-25(22)27(36)33(15-17-4-7-19(38-3)8-5-17)28(37)34(26)21-9-6-18(30)12-20(21)29;1-29-18(32)10-17(38-39(35,36)23(25,26)27)19-20(29)31(16-8-5-13(28)9-15(16)24)22(34)30(21(19)33)11-12-3-6-14(37-2)7-4-12;1-10-5-6-23-9-15(10)28-14-8-16(26)25(2)19(17(14)18(22)27)24-13-4-3-11(21)7-12(13)20/h4-14H,15H2,1-3H3;3-10H,11H2,1-2H3;3-9,24H,1-2H3,(H2,22,27). The summed E-state index contributed by atoms with van der Waals surface area (Å²) in [6, 6.07) is 31.5. The lowest BCUT2D eigenvalue weighted by molar-refractivity contribution is -0.0499. The molecule has 0 saturated carbocycles. The number of ether oxygens (including phenoxy) is 4. The van der Waals surface area contributed by atoms with Crippen LogP contribution in [0.4, 0.5) is 37.8 Å². The second kappa shape index (κ2) is 31.8. The van der Waals surface area contributed by atoms with Gasteiger partial charge in [-0.3, -0.25) is 61.6 Å². The Labute approximate surface area is 634 Å². The van der Waals surface area contributed by atoms with Crippen molar-refractivity contribution in [1.29, 1.82) is 0 Å². The number of methoxy groups -OCH3 is 2. The molecule has 12 aromatic rings. The van der Waals surface area contributed by atoms with E-state index in [1.54, 1.807) is 97.4 Å². The van der Waals surface area contributed by atoms with Gasteiger partial charge in [0.25, 0.3) is 33.7 Å². The lowest BCUT2D eigenvalue weighted by Gasteiger charge is -2.19. The smallest absolute Gasteiger partial charge is 0.497 e.